The lowest BCUT2D eigenvalue weighted by Gasteiger charge is -2.16. The normalized spacial score (nSPS) is 10.6. The summed E-state index contributed by atoms with van der Waals surface area (Å²) in [6, 6.07) is 5.61. The van der Waals surface area contributed by atoms with Crippen molar-refractivity contribution < 1.29 is 9.53 Å². The van der Waals surface area contributed by atoms with E-state index in [-0.39, 0.29) is 24.6 Å². The maximum absolute atomic E-state index is 11.6. The van der Waals surface area contributed by atoms with Crippen LogP contribution in [0.15, 0.2) is 18.2 Å². The molecule has 0 aromatic heterocycles. The predicted octanol–water partition coefficient (Wildman–Crippen LogP) is 1.99. The monoisotopic (exact) mass is 265 g/mol. The Balaban J connectivity index is 2.66. The van der Waals surface area contributed by atoms with Crippen LogP contribution in [-0.4, -0.2) is 24.6 Å². The topological polar surface area (TPSA) is 76.4 Å². The van der Waals surface area contributed by atoms with Crippen LogP contribution in [0.3, 0.4) is 0 Å². The van der Waals surface area contributed by atoms with Crippen LogP contribution >= 0.6 is 0 Å². The molecule has 4 N–H and O–H groups in total. The minimum absolute atomic E-state index is 0.0572. The van der Waals surface area contributed by atoms with Crippen LogP contribution in [0, 0.1) is 0 Å². The molecule has 0 fully saturated rings. The summed E-state index contributed by atoms with van der Waals surface area (Å²) in [6.07, 6.45) is 0.0572. The van der Waals surface area contributed by atoms with E-state index in [9.17, 15) is 4.79 Å². The Morgan fingerprint density at radius 3 is 2.58 bits per heavy atom. The maximum Gasteiger partial charge on any atom is 0.239 e. The van der Waals surface area contributed by atoms with Crippen molar-refractivity contribution in [3.8, 4) is 5.75 Å². The van der Waals surface area contributed by atoms with Gasteiger partial charge in [0, 0.05) is 6.04 Å². The standard InChI is InChI=1S/C14H23N3O2/c1-9(2)17-13(18)8-16-11-6-5-7-12(14(11)15)19-10(3)4/h5-7,9-10,16H,8,15H2,1-4H3,(H,17,18). The number of hydrogen-bond acceptors (Lipinski definition) is 4. The Hall–Kier alpha value is -1.91. The number of nitrogens with two attached hydrogens (primary N) is 1. The smallest absolute Gasteiger partial charge is 0.239 e. The largest absolute Gasteiger partial charge is 0.489 e. The molecule has 1 rings (SSSR count). The molecule has 0 aliphatic carbocycles. The van der Waals surface area contributed by atoms with Gasteiger partial charge in [-0.15, -0.1) is 0 Å². The molecule has 0 radical (unpaired) electrons. The zero-order valence-corrected chi connectivity index (χ0v) is 12.0. The molecule has 1 aromatic carbocycles. The Bertz CT molecular complexity index is 431. The third-order valence-corrected chi connectivity index (χ3v) is 2.32. The molecular formula is C14H23N3O2. The average molecular weight is 265 g/mol. The van der Waals surface area contributed by atoms with Crippen LogP contribution in [0.2, 0.25) is 0 Å². The molecule has 0 aliphatic heterocycles. The first-order chi connectivity index (χ1) is 8.90. The fourth-order valence-electron chi connectivity index (χ4n) is 1.60. The summed E-state index contributed by atoms with van der Waals surface area (Å²) < 4.78 is 5.59. The van der Waals surface area contributed by atoms with Crippen LogP contribution in [0.5, 0.6) is 5.75 Å². The Kier molecular flexibility index (Phi) is 5.48. The van der Waals surface area contributed by atoms with Crippen molar-refractivity contribution in [1.29, 1.82) is 0 Å². The first-order valence-electron chi connectivity index (χ1n) is 6.48. The molecule has 0 spiro atoms. The zero-order valence-electron chi connectivity index (χ0n) is 12.0. The van der Waals surface area contributed by atoms with E-state index in [0.29, 0.717) is 17.1 Å². The number of para-hydroxylation sites is 1. The van der Waals surface area contributed by atoms with E-state index in [0.717, 1.165) is 0 Å². The van der Waals surface area contributed by atoms with Gasteiger partial charge in [0.2, 0.25) is 5.91 Å². The number of hydrogen-bond donors (Lipinski definition) is 3. The summed E-state index contributed by atoms with van der Waals surface area (Å²) in [5, 5.41) is 5.82. The minimum Gasteiger partial charge on any atom is -0.489 e. The van der Waals surface area contributed by atoms with Crippen molar-refractivity contribution in [2.45, 2.75) is 39.8 Å². The lowest BCUT2D eigenvalue weighted by Crippen LogP contribution is -2.34. The van der Waals surface area contributed by atoms with E-state index in [4.69, 9.17) is 10.5 Å². The molecule has 0 aliphatic rings. The molecule has 1 amide bonds. The zero-order chi connectivity index (χ0) is 14.4. The highest BCUT2D eigenvalue weighted by molar-refractivity contribution is 5.83. The number of amides is 1. The summed E-state index contributed by atoms with van der Waals surface area (Å²) in [7, 11) is 0. The van der Waals surface area contributed by atoms with Gasteiger partial charge in [-0.3, -0.25) is 4.79 Å². The SMILES string of the molecule is CC(C)NC(=O)CNc1cccc(OC(C)C)c1N. The molecule has 0 saturated carbocycles. The molecule has 5 nitrogen and oxygen atoms in total. The second-order valence-corrected chi connectivity index (χ2v) is 4.96. The number of carbonyl (C=O) groups excluding carboxylic acids is 1. The van der Waals surface area contributed by atoms with Crippen LogP contribution in [0.4, 0.5) is 11.4 Å². The minimum atomic E-state index is -0.0652. The van der Waals surface area contributed by atoms with E-state index in [2.05, 4.69) is 10.6 Å². The van der Waals surface area contributed by atoms with Crippen LogP contribution < -0.4 is 21.1 Å². The number of nitrogens with one attached hydrogen (secondary N) is 2. The van der Waals surface area contributed by atoms with Gasteiger partial charge in [0.1, 0.15) is 5.75 Å². The van der Waals surface area contributed by atoms with E-state index in [1.54, 1.807) is 0 Å². The Labute approximate surface area is 114 Å². The summed E-state index contributed by atoms with van der Waals surface area (Å²) in [6.45, 7) is 7.91. The molecule has 0 atom stereocenters. The first kappa shape index (κ1) is 15.1. The highest BCUT2D eigenvalue weighted by atomic mass is 16.5. The summed E-state index contributed by atoms with van der Waals surface area (Å²) in [5.41, 5.74) is 7.23. The van der Waals surface area contributed by atoms with Gasteiger partial charge in [-0.1, -0.05) is 6.07 Å². The highest BCUT2D eigenvalue weighted by Crippen LogP contribution is 2.29. The van der Waals surface area contributed by atoms with E-state index >= 15 is 0 Å². The van der Waals surface area contributed by atoms with Gasteiger partial charge >= 0.3 is 0 Å². The lowest BCUT2D eigenvalue weighted by atomic mass is 10.2. The summed E-state index contributed by atoms with van der Waals surface area (Å²) >= 11 is 0. The van der Waals surface area contributed by atoms with Gasteiger partial charge in [-0.25, -0.2) is 0 Å². The number of carbonyl (C=O) groups is 1. The fourth-order valence-corrected chi connectivity index (χ4v) is 1.60. The third kappa shape index (κ3) is 5.07. The van der Waals surface area contributed by atoms with Crippen LogP contribution in [-0.2, 0) is 4.79 Å². The van der Waals surface area contributed by atoms with E-state index < -0.39 is 0 Å². The maximum atomic E-state index is 11.6. The van der Waals surface area contributed by atoms with Gasteiger partial charge in [0.05, 0.1) is 24.0 Å². The number of ether oxygens (including phenoxy) is 1. The molecule has 5 heteroatoms. The van der Waals surface area contributed by atoms with E-state index in [1.165, 1.54) is 0 Å². The second-order valence-electron chi connectivity index (χ2n) is 4.96. The molecule has 0 saturated heterocycles. The molecule has 0 unspecified atom stereocenters. The quantitative estimate of drug-likeness (QED) is 0.688. The summed E-state index contributed by atoms with van der Waals surface area (Å²) in [5.74, 6) is 0.564. The summed E-state index contributed by atoms with van der Waals surface area (Å²) in [4.78, 5) is 11.6. The Morgan fingerprint density at radius 1 is 1.32 bits per heavy atom. The molecule has 0 bridgehead atoms. The first-order valence-corrected chi connectivity index (χ1v) is 6.48. The second kappa shape index (κ2) is 6.87. The van der Waals surface area contributed by atoms with Crippen molar-refractivity contribution in [2.75, 3.05) is 17.6 Å². The predicted molar refractivity (Wildman–Crippen MR) is 78.4 cm³/mol. The van der Waals surface area contributed by atoms with Crippen LogP contribution in [0.1, 0.15) is 27.7 Å². The average Bonchev–Trinajstić information content (AvgIpc) is 2.29. The van der Waals surface area contributed by atoms with Crippen molar-refractivity contribution in [2.24, 2.45) is 0 Å². The molecular weight excluding hydrogens is 242 g/mol. The Morgan fingerprint density at radius 2 is 2.00 bits per heavy atom. The van der Waals surface area contributed by atoms with Gasteiger partial charge in [-0.2, -0.15) is 0 Å². The number of anilines is 2. The van der Waals surface area contributed by atoms with Crippen molar-refractivity contribution in [3.05, 3.63) is 18.2 Å². The molecule has 0 heterocycles. The van der Waals surface area contributed by atoms with Gasteiger partial charge < -0.3 is 21.1 Å². The number of benzene rings is 1. The number of nitrogen functional groups attached to an aromatic ring is 1. The third-order valence-electron chi connectivity index (χ3n) is 2.32. The van der Waals surface area contributed by atoms with Gasteiger partial charge in [0.15, 0.2) is 0 Å². The number of rotatable bonds is 6. The fraction of sp³-hybridized carbons (Fsp3) is 0.500. The van der Waals surface area contributed by atoms with Crippen molar-refractivity contribution in [3.63, 3.8) is 0 Å². The highest BCUT2D eigenvalue weighted by Gasteiger charge is 2.09. The molecule has 19 heavy (non-hydrogen) atoms. The van der Waals surface area contributed by atoms with Crippen molar-refractivity contribution in [1.82, 2.24) is 5.32 Å². The molecule has 1 aromatic rings. The van der Waals surface area contributed by atoms with Gasteiger partial charge in [0.25, 0.3) is 0 Å². The molecule has 106 valence electrons. The van der Waals surface area contributed by atoms with Crippen molar-refractivity contribution >= 4 is 17.3 Å². The van der Waals surface area contributed by atoms with Gasteiger partial charge in [-0.05, 0) is 39.8 Å². The van der Waals surface area contributed by atoms with Crippen LogP contribution in [0.25, 0.3) is 0 Å². The lowest BCUT2D eigenvalue weighted by molar-refractivity contribution is -0.119. The van der Waals surface area contributed by atoms with E-state index in [1.807, 2.05) is 45.9 Å².